The Hall–Kier alpha value is -0.170. The molecule has 0 aromatic carbocycles. The third kappa shape index (κ3) is 5.91. The molecule has 2 fully saturated rings. The fourth-order valence-electron chi connectivity index (χ4n) is 3.97. The van der Waals surface area contributed by atoms with Gasteiger partial charge >= 0.3 is 0 Å². The molecule has 2 unspecified atom stereocenters. The van der Waals surface area contributed by atoms with Crippen LogP contribution in [0.5, 0.6) is 0 Å². The standard InChI is InChI=1S/C20H34O4S2/c1-6-22-18(23-7-2)16(26-19(25)24-12-20(3,4)5)11-15-13-9-8-10-14(13)17(15)21/h13-16,18H,6-12H2,1-5H3/t13-,14+,15?,16?/m0/s1. The highest BCUT2D eigenvalue weighted by atomic mass is 32.2. The summed E-state index contributed by atoms with van der Waals surface area (Å²) in [6.45, 7) is 12.0. The third-order valence-corrected chi connectivity index (χ3v) is 6.57. The van der Waals surface area contributed by atoms with Crippen molar-refractivity contribution < 1.29 is 19.0 Å². The first-order valence-corrected chi connectivity index (χ1v) is 11.2. The minimum absolute atomic E-state index is 0.0159. The first-order valence-electron chi connectivity index (χ1n) is 9.87. The van der Waals surface area contributed by atoms with Gasteiger partial charge in [0.25, 0.3) is 0 Å². The fourth-order valence-corrected chi connectivity index (χ4v) is 5.35. The number of rotatable bonds is 9. The Morgan fingerprint density at radius 2 is 1.88 bits per heavy atom. The number of ketones is 1. The van der Waals surface area contributed by atoms with E-state index in [0.29, 0.717) is 41.8 Å². The van der Waals surface area contributed by atoms with Gasteiger partial charge in [-0.2, -0.15) is 0 Å². The monoisotopic (exact) mass is 402 g/mol. The summed E-state index contributed by atoms with van der Waals surface area (Å²) < 4.78 is 18.0. The first kappa shape index (κ1) is 22.1. The van der Waals surface area contributed by atoms with Gasteiger partial charge in [0.05, 0.1) is 11.9 Å². The molecule has 2 aliphatic carbocycles. The van der Waals surface area contributed by atoms with E-state index in [-0.39, 0.29) is 22.9 Å². The maximum atomic E-state index is 12.5. The van der Waals surface area contributed by atoms with E-state index < -0.39 is 0 Å². The maximum absolute atomic E-state index is 12.5. The van der Waals surface area contributed by atoms with Crippen molar-refractivity contribution in [1.29, 1.82) is 0 Å². The summed E-state index contributed by atoms with van der Waals surface area (Å²) >= 11 is 6.95. The van der Waals surface area contributed by atoms with Crippen molar-refractivity contribution in [2.75, 3.05) is 19.8 Å². The minimum atomic E-state index is -0.362. The Kier molecular flexibility index (Phi) is 8.38. The van der Waals surface area contributed by atoms with Crippen LogP contribution in [0, 0.1) is 23.2 Å². The molecule has 6 heteroatoms. The lowest BCUT2D eigenvalue weighted by molar-refractivity contribution is -0.149. The molecular weight excluding hydrogens is 368 g/mol. The number of hydrogen-bond donors (Lipinski definition) is 0. The largest absolute Gasteiger partial charge is 0.478 e. The Labute approximate surface area is 168 Å². The van der Waals surface area contributed by atoms with Crippen LogP contribution in [0.4, 0.5) is 0 Å². The van der Waals surface area contributed by atoms with Crippen LogP contribution in [0.15, 0.2) is 0 Å². The number of ether oxygens (including phenoxy) is 3. The maximum Gasteiger partial charge on any atom is 0.220 e. The van der Waals surface area contributed by atoms with E-state index in [4.69, 9.17) is 26.4 Å². The van der Waals surface area contributed by atoms with Crippen molar-refractivity contribution in [3.8, 4) is 0 Å². The van der Waals surface area contributed by atoms with Crippen LogP contribution in [-0.4, -0.2) is 41.5 Å². The second kappa shape index (κ2) is 9.85. The zero-order valence-electron chi connectivity index (χ0n) is 16.8. The van der Waals surface area contributed by atoms with Crippen molar-refractivity contribution in [2.24, 2.45) is 23.2 Å². The molecule has 2 saturated carbocycles. The quantitative estimate of drug-likeness (QED) is 0.406. The molecule has 0 aromatic heterocycles. The predicted octanol–water partition coefficient (Wildman–Crippen LogP) is 4.84. The number of thiocarbonyl (C=S) groups is 1. The van der Waals surface area contributed by atoms with Crippen LogP contribution in [-0.2, 0) is 19.0 Å². The number of hydrogen-bond acceptors (Lipinski definition) is 6. The SMILES string of the molecule is CCOC(OCC)C(CC1C(=O)[C@@H]2CCC[C@H]12)SC(=S)OCC(C)(C)C. The number of carbonyl (C=O) groups excluding carboxylic acids is 1. The number of carbonyl (C=O) groups is 1. The van der Waals surface area contributed by atoms with Crippen LogP contribution in [0.2, 0.25) is 0 Å². The molecule has 0 heterocycles. The van der Waals surface area contributed by atoms with Crippen molar-refractivity contribution >= 4 is 34.1 Å². The van der Waals surface area contributed by atoms with E-state index in [1.165, 1.54) is 24.6 Å². The van der Waals surface area contributed by atoms with Crippen molar-refractivity contribution in [3.05, 3.63) is 0 Å². The van der Waals surface area contributed by atoms with Gasteiger partial charge < -0.3 is 14.2 Å². The molecule has 0 radical (unpaired) electrons. The molecule has 0 amide bonds. The Morgan fingerprint density at radius 3 is 2.46 bits per heavy atom. The average Bonchev–Trinajstić information content (AvgIpc) is 3.00. The summed E-state index contributed by atoms with van der Waals surface area (Å²) in [4.78, 5) is 12.5. The normalized spacial score (nSPS) is 26.5. The van der Waals surface area contributed by atoms with Crippen molar-refractivity contribution in [3.63, 3.8) is 0 Å². The molecule has 2 aliphatic rings. The lowest BCUT2D eigenvalue weighted by atomic mass is 9.64. The van der Waals surface area contributed by atoms with E-state index in [1.54, 1.807) is 0 Å². The number of thioether (sulfide) groups is 1. The van der Waals surface area contributed by atoms with Gasteiger partial charge in [-0.15, -0.1) is 0 Å². The third-order valence-electron chi connectivity index (χ3n) is 5.14. The van der Waals surface area contributed by atoms with Crippen molar-refractivity contribution in [1.82, 2.24) is 0 Å². The van der Waals surface area contributed by atoms with Crippen LogP contribution >= 0.6 is 24.0 Å². The lowest BCUT2D eigenvalue weighted by Crippen LogP contribution is -2.47. The average molecular weight is 403 g/mol. The summed E-state index contributed by atoms with van der Waals surface area (Å²) in [5.74, 6) is 1.44. The first-order chi connectivity index (χ1) is 12.3. The minimum Gasteiger partial charge on any atom is -0.478 e. The van der Waals surface area contributed by atoms with Gasteiger partial charge in [-0.25, -0.2) is 0 Å². The second-order valence-electron chi connectivity index (χ2n) is 8.48. The van der Waals surface area contributed by atoms with E-state index >= 15 is 0 Å². The molecule has 26 heavy (non-hydrogen) atoms. The van der Waals surface area contributed by atoms with E-state index in [2.05, 4.69) is 20.8 Å². The summed E-state index contributed by atoms with van der Waals surface area (Å²) in [7, 11) is 0. The summed E-state index contributed by atoms with van der Waals surface area (Å²) in [5, 5.41) is -0.0159. The molecule has 4 nitrogen and oxygen atoms in total. The number of Topliss-reactive ketones (excluding diaryl/α,β-unsaturated/α-hetero) is 1. The van der Waals surface area contributed by atoms with Gasteiger partial charge in [0, 0.05) is 25.0 Å². The Morgan fingerprint density at radius 1 is 1.23 bits per heavy atom. The van der Waals surface area contributed by atoms with Crippen LogP contribution in [0.1, 0.15) is 60.3 Å². The van der Waals surface area contributed by atoms with E-state index in [0.717, 1.165) is 12.8 Å². The summed E-state index contributed by atoms with van der Waals surface area (Å²) in [6.07, 6.45) is 3.83. The number of fused-ring (bicyclic) bond motifs is 1. The molecule has 0 bridgehead atoms. The smallest absolute Gasteiger partial charge is 0.220 e. The van der Waals surface area contributed by atoms with Crippen molar-refractivity contribution in [2.45, 2.75) is 71.8 Å². The molecule has 0 spiro atoms. The van der Waals surface area contributed by atoms with Crippen LogP contribution in [0.25, 0.3) is 0 Å². The van der Waals surface area contributed by atoms with Gasteiger partial charge in [0.1, 0.15) is 5.78 Å². The molecule has 0 saturated heterocycles. The van der Waals surface area contributed by atoms with Gasteiger partial charge in [-0.05, 0) is 56.7 Å². The van der Waals surface area contributed by atoms with Gasteiger partial charge in [-0.1, -0.05) is 39.0 Å². The molecule has 0 aliphatic heterocycles. The van der Waals surface area contributed by atoms with Gasteiger partial charge in [-0.3, -0.25) is 4.79 Å². The second-order valence-corrected chi connectivity index (χ2v) is 10.3. The molecule has 150 valence electrons. The van der Waals surface area contributed by atoms with E-state index in [1.807, 2.05) is 13.8 Å². The van der Waals surface area contributed by atoms with Gasteiger partial charge in [0.15, 0.2) is 6.29 Å². The zero-order chi connectivity index (χ0) is 19.3. The Balaban J connectivity index is 2.01. The van der Waals surface area contributed by atoms with E-state index in [9.17, 15) is 4.79 Å². The highest BCUT2D eigenvalue weighted by Gasteiger charge is 2.52. The van der Waals surface area contributed by atoms with Gasteiger partial charge in [0.2, 0.25) is 4.38 Å². The molecular formula is C20H34O4S2. The van der Waals surface area contributed by atoms with Crippen LogP contribution < -0.4 is 0 Å². The highest BCUT2D eigenvalue weighted by Crippen LogP contribution is 2.51. The predicted molar refractivity (Wildman–Crippen MR) is 110 cm³/mol. The highest BCUT2D eigenvalue weighted by molar-refractivity contribution is 8.23. The topological polar surface area (TPSA) is 44.8 Å². The molecule has 4 atom stereocenters. The molecule has 0 aromatic rings. The summed E-state index contributed by atoms with van der Waals surface area (Å²) in [5.41, 5.74) is 0.0559. The lowest BCUT2D eigenvalue weighted by Gasteiger charge is -2.41. The zero-order valence-corrected chi connectivity index (χ0v) is 18.4. The summed E-state index contributed by atoms with van der Waals surface area (Å²) in [6, 6.07) is 0. The molecule has 2 rings (SSSR count). The fraction of sp³-hybridized carbons (Fsp3) is 0.900. The van der Waals surface area contributed by atoms with Crippen LogP contribution in [0.3, 0.4) is 0 Å². The Bertz CT molecular complexity index is 483. The molecule has 0 N–H and O–H groups in total.